The van der Waals surface area contributed by atoms with Gasteiger partial charge < -0.3 is 23.7 Å². The lowest BCUT2D eigenvalue weighted by Gasteiger charge is -2.12. The molecule has 0 aromatic heterocycles. The Bertz CT molecular complexity index is 1330. The van der Waals surface area contributed by atoms with Crippen LogP contribution in [-0.4, -0.2) is 21.0 Å². The van der Waals surface area contributed by atoms with Crippen LogP contribution < -0.4 is 23.7 Å². The molecular formula is C31H30O5. The van der Waals surface area contributed by atoms with Gasteiger partial charge in [0.1, 0.15) is 17.2 Å². The van der Waals surface area contributed by atoms with E-state index in [1.165, 1.54) is 16.7 Å². The summed E-state index contributed by atoms with van der Waals surface area (Å²) < 4.78 is 28.5. The van der Waals surface area contributed by atoms with Gasteiger partial charge in [0.2, 0.25) is 12.5 Å². The van der Waals surface area contributed by atoms with Crippen molar-refractivity contribution in [2.45, 2.75) is 25.7 Å². The molecule has 5 nitrogen and oxygen atoms in total. The van der Waals surface area contributed by atoms with Crippen LogP contribution in [0.3, 0.4) is 0 Å². The normalized spacial score (nSPS) is 11.8. The van der Waals surface area contributed by atoms with Crippen molar-refractivity contribution in [1.29, 1.82) is 0 Å². The third-order valence-electron chi connectivity index (χ3n) is 6.30. The molecule has 0 spiro atoms. The summed E-state index contributed by atoms with van der Waals surface area (Å²) in [6, 6.07) is 28.7. The van der Waals surface area contributed by atoms with E-state index in [1.807, 2.05) is 42.5 Å². The van der Waals surface area contributed by atoms with Crippen LogP contribution in [0, 0.1) is 0 Å². The van der Waals surface area contributed by atoms with Gasteiger partial charge in [0.25, 0.3) is 0 Å². The molecule has 0 aliphatic carbocycles. The number of hydrogen-bond donors (Lipinski definition) is 0. The number of fused-ring (bicyclic) bond motifs is 1. The Morgan fingerprint density at radius 2 is 1.11 bits per heavy atom. The summed E-state index contributed by atoms with van der Waals surface area (Å²) in [7, 11) is 3.38. The lowest BCUT2D eigenvalue weighted by Crippen LogP contribution is -1.96. The van der Waals surface area contributed by atoms with Gasteiger partial charge in [0.15, 0.2) is 11.5 Å². The molecule has 4 aromatic rings. The van der Waals surface area contributed by atoms with Crippen LogP contribution in [0.1, 0.15) is 22.3 Å². The van der Waals surface area contributed by atoms with Crippen molar-refractivity contribution in [2.75, 3.05) is 21.0 Å². The summed E-state index contributed by atoms with van der Waals surface area (Å²) in [6.07, 6.45) is 3.56. The second-order valence-electron chi connectivity index (χ2n) is 8.78. The molecule has 4 aromatic carbocycles. The summed E-state index contributed by atoms with van der Waals surface area (Å²) in [5, 5.41) is 0. The number of aryl methyl sites for hydroxylation is 4. The fourth-order valence-corrected chi connectivity index (χ4v) is 4.38. The van der Waals surface area contributed by atoms with E-state index in [1.54, 1.807) is 14.2 Å². The zero-order chi connectivity index (χ0) is 24.7. The number of rotatable bonds is 10. The Labute approximate surface area is 212 Å². The van der Waals surface area contributed by atoms with Crippen molar-refractivity contribution in [3.63, 3.8) is 0 Å². The highest BCUT2D eigenvalue weighted by atomic mass is 16.7. The van der Waals surface area contributed by atoms with E-state index in [4.69, 9.17) is 23.7 Å². The molecule has 0 radical (unpaired) electrons. The topological polar surface area (TPSA) is 46.2 Å². The van der Waals surface area contributed by atoms with Crippen LogP contribution in [0.15, 0.2) is 84.9 Å². The van der Waals surface area contributed by atoms with Crippen LogP contribution in [0.4, 0.5) is 0 Å². The molecule has 1 heterocycles. The zero-order valence-corrected chi connectivity index (χ0v) is 20.7. The van der Waals surface area contributed by atoms with Crippen LogP contribution in [0.2, 0.25) is 0 Å². The van der Waals surface area contributed by atoms with E-state index in [2.05, 4.69) is 42.5 Å². The molecule has 184 valence electrons. The third-order valence-corrected chi connectivity index (χ3v) is 6.30. The SMILES string of the molecule is COc1cccc(CCc2cccc(Oc3cc(CCc4cccc(OC)c4)cc4c3OCO4)c2)c1. The van der Waals surface area contributed by atoms with Crippen molar-refractivity contribution in [3.8, 4) is 34.5 Å². The smallest absolute Gasteiger partial charge is 0.231 e. The maximum atomic E-state index is 6.33. The summed E-state index contributed by atoms with van der Waals surface area (Å²) >= 11 is 0. The quantitative estimate of drug-likeness (QED) is 0.249. The van der Waals surface area contributed by atoms with Gasteiger partial charge in [0.05, 0.1) is 14.2 Å². The van der Waals surface area contributed by atoms with Crippen LogP contribution >= 0.6 is 0 Å². The second-order valence-corrected chi connectivity index (χ2v) is 8.78. The highest BCUT2D eigenvalue weighted by Crippen LogP contribution is 2.44. The number of methoxy groups -OCH3 is 2. The van der Waals surface area contributed by atoms with E-state index in [9.17, 15) is 0 Å². The molecule has 36 heavy (non-hydrogen) atoms. The number of hydrogen-bond acceptors (Lipinski definition) is 5. The van der Waals surface area contributed by atoms with Crippen molar-refractivity contribution >= 4 is 0 Å². The maximum absolute atomic E-state index is 6.33. The summed E-state index contributed by atoms with van der Waals surface area (Å²) in [6.45, 7) is 0.200. The fourth-order valence-electron chi connectivity index (χ4n) is 4.38. The van der Waals surface area contributed by atoms with Gasteiger partial charge in [-0.2, -0.15) is 0 Å². The van der Waals surface area contributed by atoms with Crippen molar-refractivity contribution in [3.05, 3.63) is 107 Å². The molecule has 0 N–H and O–H groups in total. The van der Waals surface area contributed by atoms with Gasteiger partial charge >= 0.3 is 0 Å². The minimum absolute atomic E-state index is 0.200. The second kappa shape index (κ2) is 11.1. The Hall–Kier alpha value is -4.12. The highest BCUT2D eigenvalue weighted by Gasteiger charge is 2.21. The molecule has 0 amide bonds. The van der Waals surface area contributed by atoms with E-state index < -0.39 is 0 Å². The van der Waals surface area contributed by atoms with Gasteiger partial charge in [-0.25, -0.2) is 0 Å². The highest BCUT2D eigenvalue weighted by molar-refractivity contribution is 5.56. The Morgan fingerprint density at radius 1 is 0.583 bits per heavy atom. The molecule has 0 saturated heterocycles. The Balaban J connectivity index is 1.29. The van der Waals surface area contributed by atoms with E-state index >= 15 is 0 Å². The average Bonchev–Trinajstić information content (AvgIpc) is 3.40. The molecule has 0 fully saturated rings. The molecule has 5 rings (SSSR count). The lowest BCUT2D eigenvalue weighted by molar-refractivity contribution is 0.172. The molecular weight excluding hydrogens is 452 g/mol. The van der Waals surface area contributed by atoms with Crippen LogP contribution in [0.5, 0.6) is 34.5 Å². The monoisotopic (exact) mass is 482 g/mol. The molecule has 1 aliphatic rings. The zero-order valence-electron chi connectivity index (χ0n) is 20.7. The first-order valence-electron chi connectivity index (χ1n) is 12.2. The van der Waals surface area contributed by atoms with Gasteiger partial charge in [-0.1, -0.05) is 36.4 Å². The molecule has 0 bridgehead atoms. The van der Waals surface area contributed by atoms with Crippen molar-refractivity contribution in [2.24, 2.45) is 0 Å². The molecule has 0 atom stereocenters. The maximum Gasteiger partial charge on any atom is 0.231 e. The minimum Gasteiger partial charge on any atom is -0.497 e. The summed E-state index contributed by atoms with van der Waals surface area (Å²) in [5.74, 6) is 4.58. The molecule has 0 saturated carbocycles. The van der Waals surface area contributed by atoms with Gasteiger partial charge in [0, 0.05) is 0 Å². The average molecular weight is 483 g/mol. The van der Waals surface area contributed by atoms with Crippen molar-refractivity contribution < 1.29 is 23.7 Å². The standard InChI is InChI=1S/C31H30O5/c1-32-26-9-3-6-22(16-26)12-13-24-8-5-11-28(18-24)36-30-20-25(19-29-31(30)35-21-34-29)15-14-23-7-4-10-27(17-23)33-2/h3-11,16-20H,12-15,21H2,1-2H3. The largest absolute Gasteiger partial charge is 0.497 e. The van der Waals surface area contributed by atoms with Crippen LogP contribution in [-0.2, 0) is 25.7 Å². The first-order chi connectivity index (χ1) is 17.7. The first kappa shape index (κ1) is 23.6. The molecule has 0 unspecified atom stereocenters. The minimum atomic E-state index is 0.200. The Kier molecular flexibility index (Phi) is 7.27. The summed E-state index contributed by atoms with van der Waals surface area (Å²) in [4.78, 5) is 0. The van der Waals surface area contributed by atoms with Crippen molar-refractivity contribution in [1.82, 2.24) is 0 Å². The third kappa shape index (κ3) is 5.74. The van der Waals surface area contributed by atoms with E-state index in [0.29, 0.717) is 11.5 Å². The van der Waals surface area contributed by atoms with E-state index in [0.717, 1.165) is 54.2 Å². The molecule has 5 heteroatoms. The predicted molar refractivity (Wildman–Crippen MR) is 140 cm³/mol. The number of ether oxygens (including phenoxy) is 5. The summed E-state index contributed by atoms with van der Waals surface area (Å²) in [5.41, 5.74) is 4.80. The van der Waals surface area contributed by atoms with E-state index in [-0.39, 0.29) is 6.79 Å². The van der Waals surface area contributed by atoms with Gasteiger partial charge in [-0.05, 0) is 96.5 Å². The first-order valence-corrected chi connectivity index (χ1v) is 12.2. The Morgan fingerprint density at radius 3 is 1.69 bits per heavy atom. The molecule has 1 aliphatic heterocycles. The van der Waals surface area contributed by atoms with Gasteiger partial charge in [-0.3, -0.25) is 0 Å². The van der Waals surface area contributed by atoms with Crippen LogP contribution in [0.25, 0.3) is 0 Å². The predicted octanol–water partition coefficient (Wildman–Crippen LogP) is 6.80. The number of benzene rings is 4. The lowest BCUT2D eigenvalue weighted by atomic mass is 10.0. The van der Waals surface area contributed by atoms with Gasteiger partial charge in [-0.15, -0.1) is 0 Å². The fraction of sp³-hybridized carbons (Fsp3) is 0.226.